The molecule has 1 aromatic heterocycles. The minimum absolute atomic E-state index is 0.441. The van der Waals surface area contributed by atoms with Gasteiger partial charge in [-0.3, -0.25) is 4.68 Å². The van der Waals surface area contributed by atoms with Gasteiger partial charge in [0.2, 0.25) is 0 Å². The number of fused-ring (bicyclic) bond motifs is 2. The zero-order valence-electron chi connectivity index (χ0n) is 10.6. The van der Waals surface area contributed by atoms with E-state index in [-0.39, 0.29) is 0 Å². The third-order valence-corrected chi connectivity index (χ3v) is 4.10. The number of nitrogens with one attached hydrogen (secondary N) is 1. The van der Waals surface area contributed by atoms with Crippen molar-refractivity contribution in [3.05, 3.63) is 24.4 Å². The van der Waals surface area contributed by atoms with Crippen LogP contribution in [-0.4, -0.2) is 16.3 Å². The minimum atomic E-state index is 0.441. The molecule has 1 aromatic rings. The summed E-state index contributed by atoms with van der Waals surface area (Å²) in [6.45, 7) is 5.37. The molecule has 3 unspecified atom stereocenters. The maximum Gasteiger partial charge on any atom is 0.148 e. The summed E-state index contributed by atoms with van der Waals surface area (Å²) in [7, 11) is 0. The van der Waals surface area contributed by atoms with Crippen LogP contribution in [0.5, 0.6) is 0 Å². The highest BCUT2D eigenvalue weighted by molar-refractivity contribution is 5.32. The van der Waals surface area contributed by atoms with E-state index in [0.717, 1.165) is 30.1 Å². The van der Waals surface area contributed by atoms with Gasteiger partial charge in [-0.1, -0.05) is 12.2 Å². The summed E-state index contributed by atoms with van der Waals surface area (Å²) in [5.41, 5.74) is 0. The molecule has 3 nitrogen and oxygen atoms in total. The molecule has 2 aliphatic carbocycles. The highest BCUT2D eigenvalue weighted by Gasteiger charge is 2.35. The molecule has 1 saturated carbocycles. The van der Waals surface area contributed by atoms with Crippen LogP contribution in [0.4, 0.5) is 5.82 Å². The Balaban J connectivity index is 1.55. The Kier molecular flexibility index (Phi) is 2.69. The Morgan fingerprint density at radius 2 is 2.29 bits per heavy atom. The van der Waals surface area contributed by atoms with Crippen molar-refractivity contribution in [1.82, 2.24) is 9.78 Å². The van der Waals surface area contributed by atoms with E-state index in [9.17, 15) is 0 Å². The summed E-state index contributed by atoms with van der Waals surface area (Å²) in [5, 5.41) is 8.00. The van der Waals surface area contributed by atoms with Crippen molar-refractivity contribution in [2.75, 3.05) is 11.9 Å². The van der Waals surface area contributed by atoms with Gasteiger partial charge in [-0.15, -0.1) is 0 Å². The first kappa shape index (κ1) is 10.9. The molecule has 17 heavy (non-hydrogen) atoms. The minimum Gasteiger partial charge on any atom is -0.368 e. The van der Waals surface area contributed by atoms with Crippen LogP contribution in [-0.2, 0) is 0 Å². The van der Waals surface area contributed by atoms with Crippen LogP contribution >= 0.6 is 0 Å². The fraction of sp³-hybridized carbons (Fsp3) is 0.643. The molecule has 92 valence electrons. The van der Waals surface area contributed by atoms with E-state index in [1.807, 2.05) is 10.9 Å². The molecule has 0 saturated heterocycles. The third kappa shape index (κ3) is 2.11. The van der Waals surface area contributed by atoms with Gasteiger partial charge in [0.25, 0.3) is 0 Å². The fourth-order valence-corrected chi connectivity index (χ4v) is 3.08. The monoisotopic (exact) mass is 231 g/mol. The summed E-state index contributed by atoms with van der Waals surface area (Å²) < 4.78 is 2.00. The number of hydrogen-bond donors (Lipinski definition) is 1. The van der Waals surface area contributed by atoms with Gasteiger partial charge >= 0.3 is 0 Å². The lowest BCUT2D eigenvalue weighted by Gasteiger charge is -2.18. The van der Waals surface area contributed by atoms with E-state index in [0.29, 0.717) is 6.04 Å². The fourth-order valence-electron chi connectivity index (χ4n) is 3.08. The van der Waals surface area contributed by atoms with Crippen LogP contribution in [0.2, 0.25) is 0 Å². The predicted octanol–water partition coefficient (Wildman–Crippen LogP) is 3.09. The number of aromatic nitrogens is 2. The van der Waals surface area contributed by atoms with Gasteiger partial charge in [-0.05, 0) is 44.4 Å². The molecule has 3 rings (SSSR count). The molecule has 2 aliphatic rings. The van der Waals surface area contributed by atoms with Crippen molar-refractivity contribution in [3.8, 4) is 0 Å². The molecule has 0 radical (unpaired) electrons. The summed E-state index contributed by atoms with van der Waals surface area (Å²) >= 11 is 0. The number of anilines is 1. The molecular formula is C14H21N3. The molecule has 1 N–H and O–H groups in total. The molecule has 3 heteroatoms. The molecule has 0 amide bonds. The van der Waals surface area contributed by atoms with Crippen LogP contribution < -0.4 is 5.32 Å². The zero-order valence-corrected chi connectivity index (χ0v) is 10.6. The Labute approximate surface area is 103 Å². The Morgan fingerprint density at radius 1 is 1.41 bits per heavy atom. The standard InChI is InChI=1S/C14H21N3/c1-10(2)17-6-5-14(16-17)15-9-13-8-11-3-4-12(13)7-11/h3-6,10-13H,7-9H2,1-2H3,(H,15,16). The topological polar surface area (TPSA) is 29.9 Å². The van der Waals surface area contributed by atoms with Crippen molar-refractivity contribution in [2.45, 2.75) is 32.7 Å². The van der Waals surface area contributed by atoms with Gasteiger partial charge in [0, 0.05) is 24.8 Å². The lowest BCUT2D eigenvalue weighted by atomic mass is 9.94. The first-order valence-corrected chi connectivity index (χ1v) is 6.69. The molecule has 3 atom stereocenters. The highest BCUT2D eigenvalue weighted by Crippen LogP contribution is 2.43. The van der Waals surface area contributed by atoms with Gasteiger partial charge in [-0.25, -0.2) is 0 Å². The van der Waals surface area contributed by atoms with E-state index in [4.69, 9.17) is 0 Å². The van der Waals surface area contributed by atoms with E-state index in [2.05, 4.69) is 42.5 Å². The average Bonchev–Trinajstić information content (AvgIpc) is 3.02. The average molecular weight is 231 g/mol. The summed E-state index contributed by atoms with van der Waals surface area (Å²) in [6.07, 6.45) is 9.60. The van der Waals surface area contributed by atoms with E-state index >= 15 is 0 Å². The normalized spacial score (nSPS) is 30.4. The molecule has 0 spiro atoms. The molecule has 0 aliphatic heterocycles. The van der Waals surface area contributed by atoms with Crippen molar-refractivity contribution in [1.29, 1.82) is 0 Å². The molecule has 2 bridgehead atoms. The van der Waals surface area contributed by atoms with Crippen LogP contribution in [0.3, 0.4) is 0 Å². The second-order valence-corrected chi connectivity index (χ2v) is 5.70. The molecule has 0 aromatic carbocycles. The highest BCUT2D eigenvalue weighted by atomic mass is 15.3. The maximum absolute atomic E-state index is 4.52. The molecule has 1 heterocycles. The van der Waals surface area contributed by atoms with Gasteiger partial charge in [0.1, 0.15) is 5.82 Å². The predicted molar refractivity (Wildman–Crippen MR) is 69.9 cm³/mol. The molecule has 1 fully saturated rings. The lowest BCUT2D eigenvalue weighted by molar-refractivity contribution is 0.470. The Bertz CT molecular complexity index is 419. The van der Waals surface area contributed by atoms with Crippen molar-refractivity contribution in [3.63, 3.8) is 0 Å². The third-order valence-electron chi connectivity index (χ3n) is 4.10. The number of rotatable bonds is 4. The van der Waals surface area contributed by atoms with Crippen LogP contribution in [0, 0.1) is 17.8 Å². The van der Waals surface area contributed by atoms with Gasteiger partial charge < -0.3 is 5.32 Å². The summed E-state index contributed by atoms with van der Waals surface area (Å²) in [5.74, 6) is 3.51. The first-order chi connectivity index (χ1) is 8.22. The maximum atomic E-state index is 4.52. The lowest BCUT2D eigenvalue weighted by Crippen LogP contribution is -2.18. The summed E-state index contributed by atoms with van der Waals surface area (Å²) in [6, 6.07) is 2.51. The van der Waals surface area contributed by atoms with Gasteiger partial charge in [0.15, 0.2) is 0 Å². The number of hydrogen-bond acceptors (Lipinski definition) is 2. The summed E-state index contributed by atoms with van der Waals surface area (Å²) in [4.78, 5) is 0. The van der Waals surface area contributed by atoms with E-state index < -0.39 is 0 Å². The van der Waals surface area contributed by atoms with Crippen molar-refractivity contribution >= 4 is 5.82 Å². The van der Waals surface area contributed by atoms with E-state index in [1.54, 1.807) is 0 Å². The largest absolute Gasteiger partial charge is 0.368 e. The Morgan fingerprint density at radius 3 is 2.88 bits per heavy atom. The quantitative estimate of drug-likeness (QED) is 0.807. The zero-order chi connectivity index (χ0) is 11.8. The van der Waals surface area contributed by atoms with Crippen molar-refractivity contribution in [2.24, 2.45) is 17.8 Å². The second-order valence-electron chi connectivity index (χ2n) is 5.70. The van der Waals surface area contributed by atoms with Gasteiger partial charge in [-0.2, -0.15) is 5.10 Å². The SMILES string of the molecule is CC(C)n1ccc(NCC2CC3C=CC2C3)n1. The smallest absolute Gasteiger partial charge is 0.148 e. The van der Waals surface area contributed by atoms with Crippen LogP contribution in [0.25, 0.3) is 0 Å². The van der Waals surface area contributed by atoms with Crippen LogP contribution in [0.15, 0.2) is 24.4 Å². The second kappa shape index (κ2) is 4.21. The van der Waals surface area contributed by atoms with Crippen LogP contribution in [0.1, 0.15) is 32.7 Å². The van der Waals surface area contributed by atoms with E-state index in [1.165, 1.54) is 12.8 Å². The molecular weight excluding hydrogens is 210 g/mol. The number of nitrogens with zero attached hydrogens (tertiary/aromatic N) is 2. The first-order valence-electron chi connectivity index (χ1n) is 6.69. The van der Waals surface area contributed by atoms with Gasteiger partial charge in [0.05, 0.1) is 0 Å². The van der Waals surface area contributed by atoms with Crippen molar-refractivity contribution < 1.29 is 0 Å². The number of allylic oxidation sites excluding steroid dienone is 2. The Hall–Kier alpha value is -1.25.